The number of aromatic amines is 1. The van der Waals surface area contributed by atoms with E-state index in [-0.39, 0.29) is 6.61 Å². The van der Waals surface area contributed by atoms with Crippen molar-refractivity contribution in [3.8, 4) is 0 Å². The molecule has 0 unspecified atom stereocenters. The van der Waals surface area contributed by atoms with E-state index in [0.29, 0.717) is 16.6 Å². The van der Waals surface area contributed by atoms with Gasteiger partial charge < -0.3 is 15.0 Å². The highest BCUT2D eigenvalue weighted by Crippen LogP contribution is 2.16. The number of halogens is 3. The minimum Gasteiger partial charge on any atom is -0.370 e. The van der Waals surface area contributed by atoms with Crippen LogP contribution in [0.2, 0.25) is 0 Å². The summed E-state index contributed by atoms with van der Waals surface area (Å²) in [7, 11) is 0. The molecule has 5 nitrogen and oxygen atoms in total. The molecule has 0 aromatic carbocycles. The lowest BCUT2D eigenvalue weighted by molar-refractivity contribution is -0.174. The number of rotatable bonds is 5. The first-order chi connectivity index (χ1) is 9.87. The maximum Gasteiger partial charge on any atom is 0.411 e. The molecule has 0 saturated carbocycles. The van der Waals surface area contributed by atoms with E-state index in [1.807, 2.05) is 0 Å². The number of carbonyl (C=O) groups is 1. The highest BCUT2D eigenvalue weighted by molar-refractivity contribution is 6.05. The third kappa shape index (κ3) is 4.19. The van der Waals surface area contributed by atoms with Gasteiger partial charge in [-0.3, -0.25) is 4.79 Å². The molecule has 0 aliphatic heterocycles. The maximum absolute atomic E-state index is 12.1. The van der Waals surface area contributed by atoms with Crippen LogP contribution in [0.1, 0.15) is 17.3 Å². The van der Waals surface area contributed by atoms with Crippen molar-refractivity contribution in [1.29, 1.82) is 0 Å². The second-order valence-electron chi connectivity index (χ2n) is 4.61. The van der Waals surface area contributed by atoms with Crippen molar-refractivity contribution in [2.24, 2.45) is 0 Å². The fraction of sp³-hybridized carbons (Fsp3) is 0.385. The molecule has 0 bridgehead atoms. The van der Waals surface area contributed by atoms with Crippen LogP contribution < -0.4 is 5.32 Å². The number of carbonyl (C=O) groups excluding carboxylic acids is 1. The highest BCUT2D eigenvalue weighted by atomic mass is 19.4. The van der Waals surface area contributed by atoms with Crippen LogP contribution in [0.3, 0.4) is 0 Å². The van der Waals surface area contributed by atoms with Crippen LogP contribution in [-0.4, -0.2) is 41.3 Å². The molecule has 2 aromatic rings. The Morgan fingerprint density at radius 3 is 3.00 bits per heavy atom. The summed E-state index contributed by atoms with van der Waals surface area (Å²) in [5, 5.41) is 3.23. The van der Waals surface area contributed by atoms with Gasteiger partial charge in [0.25, 0.3) is 5.91 Å². The topological polar surface area (TPSA) is 67.0 Å². The molecule has 114 valence electrons. The van der Waals surface area contributed by atoms with E-state index < -0.39 is 24.7 Å². The zero-order valence-electron chi connectivity index (χ0n) is 11.2. The number of hydrogen-bond acceptors (Lipinski definition) is 3. The van der Waals surface area contributed by atoms with Crippen LogP contribution in [0.4, 0.5) is 13.2 Å². The van der Waals surface area contributed by atoms with Gasteiger partial charge in [0.2, 0.25) is 0 Å². The SMILES string of the molecule is C[C@H](COCC(F)(F)F)NC(=O)c1c[nH]c2ncccc12. The van der Waals surface area contributed by atoms with Gasteiger partial charge in [0.1, 0.15) is 12.3 Å². The van der Waals surface area contributed by atoms with Crippen LogP contribution in [-0.2, 0) is 4.74 Å². The second-order valence-corrected chi connectivity index (χ2v) is 4.61. The Bertz CT molecular complexity index is 624. The van der Waals surface area contributed by atoms with Crippen LogP contribution in [0, 0.1) is 0 Å². The van der Waals surface area contributed by atoms with Gasteiger partial charge in [-0.15, -0.1) is 0 Å². The first kappa shape index (κ1) is 15.3. The predicted octanol–water partition coefficient (Wildman–Crippen LogP) is 2.26. The molecule has 0 radical (unpaired) electrons. The molecule has 0 aliphatic carbocycles. The Balaban J connectivity index is 1.92. The Labute approximate surface area is 118 Å². The summed E-state index contributed by atoms with van der Waals surface area (Å²) in [6.45, 7) is 0.0252. The van der Waals surface area contributed by atoms with Crippen molar-refractivity contribution in [1.82, 2.24) is 15.3 Å². The third-order valence-corrected chi connectivity index (χ3v) is 2.71. The summed E-state index contributed by atoms with van der Waals surface area (Å²) in [6.07, 6.45) is -1.27. The fourth-order valence-electron chi connectivity index (χ4n) is 1.84. The molecule has 2 aromatic heterocycles. The lowest BCUT2D eigenvalue weighted by atomic mass is 10.2. The van der Waals surface area contributed by atoms with Gasteiger partial charge >= 0.3 is 6.18 Å². The molecule has 0 aliphatic rings. The smallest absolute Gasteiger partial charge is 0.370 e. The van der Waals surface area contributed by atoms with Gasteiger partial charge in [-0.05, 0) is 19.1 Å². The van der Waals surface area contributed by atoms with Crippen LogP contribution >= 0.6 is 0 Å². The zero-order chi connectivity index (χ0) is 15.5. The number of nitrogens with zero attached hydrogens (tertiary/aromatic N) is 1. The summed E-state index contributed by atoms with van der Waals surface area (Å²) < 4.78 is 40.3. The summed E-state index contributed by atoms with van der Waals surface area (Å²) >= 11 is 0. The Morgan fingerprint density at radius 2 is 2.29 bits per heavy atom. The number of alkyl halides is 3. The van der Waals surface area contributed by atoms with Gasteiger partial charge in [0.15, 0.2) is 0 Å². The standard InChI is InChI=1S/C13H14F3N3O2/c1-8(6-21-7-13(14,15)16)19-12(20)10-5-18-11-9(10)3-2-4-17-11/h2-5,8H,6-7H2,1H3,(H,17,18)(H,19,20)/t8-/m1/s1. The highest BCUT2D eigenvalue weighted by Gasteiger charge is 2.27. The molecule has 1 atom stereocenters. The first-order valence-electron chi connectivity index (χ1n) is 6.24. The van der Waals surface area contributed by atoms with Crippen LogP contribution in [0.5, 0.6) is 0 Å². The normalized spacial score (nSPS) is 13.3. The van der Waals surface area contributed by atoms with Crippen molar-refractivity contribution in [2.75, 3.05) is 13.2 Å². The van der Waals surface area contributed by atoms with E-state index in [9.17, 15) is 18.0 Å². The van der Waals surface area contributed by atoms with Crippen molar-refractivity contribution in [2.45, 2.75) is 19.1 Å². The van der Waals surface area contributed by atoms with Gasteiger partial charge in [0.05, 0.1) is 12.2 Å². The Kier molecular flexibility index (Phi) is 4.46. The number of H-pyrrole nitrogens is 1. The van der Waals surface area contributed by atoms with E-state index in [0.717, 1.165) is 0 Å². The van der Waals surface area contributed by atoms with Crippen molar-refractivity contribution < 1.29 is 22.7 Å². The Hall–Kier alpha value is -2.09. The summed E-state index contributed by atoms with van der Waals surface area (Å²) in [4.78, 5) is 19.0. The first-order valence-corrected chi connectivity index (χ1v) is 6.24. The molecule has 8 heteroatoms. The monoisotopic (exact) mass is 301 g/mol. The molecule has 1 amide bonds. The van der Waals surface area contributed by atoms with Gasteiger partial charge in [-0.1, -0.05) is 0 Å². The van der Waals surface area contributed by atoms with Crippen LogP contribution in [0.25, 0.3) is 11.0 Å². The van der Waals surface area contributed by atoms with Crippen molar-refractivity contribution in [3.63, 3.8) is 0 Å². The van der Waals surface area contributed by atoms with Crippen LogP contribution in [0.15, 0.2) is 24.5 Å². The quantitative estimate of drug-likeness (QED) is 0.890. The number of aromatic nitrogens is 2. The number of nitrogens with one attached hydrogen (secondary N) is 2. The molecule has 0 fully saturated rings. The Morgan fingerprint density at radius 1 is 1.52 bits per heavy atom. The average molecular weight is 301 g/mol. The third-order valence-electron chi connectivity index (χ3n) is 2.71. The fourth-order valence-corrected chi connectivity index (χ4v) is 1.84. The molecular weight excluding hydrogens is 287 g/mol. The van der Waals surface area contributed by atoms with Gasteiger partial charge in [0, 0.05) is 23.8 Å². The molecular formula is C13H14F3N3O2. The van der Waals surface area contributed by atoms with E-state index in [1.165, 1.54) is 6.20 Å². The van der Waals surface area contributed by atoms with E-state index in [4.69, 9.17) is 0 Å². The summed E-state index contributed by atoms with van der Waals surface area (Å²) in [6, 6.07) is 2.89. The van der Waals surface area contributed by atoms with Crippen molar-refractivity contribution >= 4 is 16.9 Å². The molecule has 2 heterocycles. The molecule has 21 heavy (non-hydrogen) atoms. The number of ether oxygens (including phenoxy) is 1. The number of hydrogen-bond donors (Lipinski definition) is 2. The molecule has 2 rings (SSSR count). The van der Waals surface area contributed by atoms with Gasteiger partial charge in [-0.2, -0.15) is 13.2 Å². The largest absolute Gasteiger partial charge is 0.411 e. The molecule has 0 saturated heterocycles. The number of pyridine rings is 1. The number of fused-ring (bicyclic) bond motifs is 1. The number of amides is 1. The summed E-state index contributed by atoms with van der Waals surface area (Å²) in [5.41, 5.74) is 0.962. The zero-order valence-corrected chi connectivity index (χ0v) is 11.2. The van der Waals surface area contributed by atoms with E-state index >= 15 is 0 Å². The van der Waals surface area contributed by atoms with E-state index in [2.05, 4.69) is 20.0 Å². The molecule has 2 N–H and O–H groups in total. The lowest BCUT2D eigenvalue weighted by Crippen LogP contribution is -2.36. The minimum absolute atomic E-state index is 0.216. The predicted molar refractivity (Wildman–Crippen MR) is 69.9 cm³/mol. The molecule has 0 spiro atoms. The average Bonchev–Trinajstić information content (AvgIpc) is 2.80. The second kappa shape index (κ2) is 6.13. The lowest BCUT2D eigenvalue weighted by Gasteiger charge is -2.14. The summed E-state index contributed by atoms with van der Waals surface area (Å²) in [5.74, 6) is -0.391. The van der Waals surface area contributed by atoms with Gasteiger partial charge in [-0.25, -0.2) is 4.98 Å². The van der Waals surface area contributed by atoms with Crippen molar-refractivity contribution in [3.05, 3.63) is 30.1 Å². The van der Waals surface area contributed by atoms with E-state index in [1.54, 1.807) is 25.3 Å². The minimum atomic E-state index is -4.37. The maximum atomic E-state index is 12.1.